The highest BCUT2D eigenvalue weighted by atomic mass is 19.1. The number of rotatable bonds is 2. The largest absolute Gasteiger partial charge is 0.377 e. The Morgan fingerprint density at radius 1 is 1.30 bits per heavy atom. The second kappa shape index (κ2) is 5.20. The maximum absolute atomic E-state index is 13.3. The molecule has 2 aliphatic carbocycles. The van der Waals surface area contributed by atoms with Crippen LogP contribution in [0.4, 0.5) is 9.18 Å². The van der Waals surface area contributed by atoms with Crippen molar-refractivity contribution in [2.45, 2.75) is 51.3 Å². The Balaban J connectivity index is 1.40. The van der Waals surface area contributed by atoms with Gasteiger partial charge >= 0.3 is 6.03 Å². The van der Waals surface area contributed by atoms with E-state index in [-0.39, 0.29) is 35.5 Å². The van der Waals surface area contributed by atoms with Gasteiger partial charge in [0.25, 0.3) is 0 Å². The van der Waals surface area contributed by atoms with Crippen LogP contribution < -0.4 is 10.6 Å². The van der Waals surface area contributed by atoms with Gasteiger partial charge in [0.1, 0.15) is 5.82 Å². The Hall–Kier alpha value is -1.62. The van der Waals surface area contributed by atoms with E-state index in [1.807, 2.05) is 0 Å². The minimum absolute atomic E-state index is 0.0186. The van der Waals surface area contributed by atoms with Crippen molar-refractivity contribution < 1.29 is 13.9 Å². The molecule has 3 aliphatic rings. The van der Waals surface area contributed by atoms with E-state index in [1.54, 1.807) is 12.1 Å². The van der Waals surface area contributed by atoms with Crippen molar-refractivity contribution in [3.8, 4) is 0 Å². The highest BCUT2D eigenvalue weighted by Crippen LogP contribution is 2.52. The molecule has 1 saturated heterocycles. The first kappa shape index (κ1) is 14.9. The average molecular weight is 318 g/mol. The van der Waals surface area contributed by atoms with Gasteiger partial charge in [-0.3, -0.25) is 0 Å². The number of benzene rings is 1. The van der Waals surface area contributed by atoms with Crippen molar-refractivity contribution in [3.63, 3.8) is 0 Å². The number of nitrogens with one attached hydrogen (secondary N) is 2. The summed E-state index contributed by atoms with van der Waals surface area (Å²) in [6.45, 7) is 5.09. The maximum Gasteiger partial charge on any atom is 0.315 e. The van der Waals surface area contributed by atoms with Gasteiger partial charge in [0.05, 0.1) is 12.1 Å². The fourth-order valence-corrected chi connectivity index (χ4v) is 4.69. The molecule has 2 N–H and O–H groups in total. The van der Waals surface area contributed by atoms with Crippen molar-refractivity contribution in [2.24, 2.45) is 11.3 Å². The highest BCUT2D eigenvalue weighted by molar-refractivity contribution is 5.75. The van der Waals surface area contributed by atoms with Crippen molar-refractivity contribution in [3.05, 3.63) is 35.1 Å². The predicted octanol–water partition coefficient (Wildman–Crippen LogP) is 2.93. The molecule has 0 radical (unpaired) electrons. The number of carbonyl (C=O) groups excluding carboxylic acids is 1. The minimum Gasteiger partial charge on any atom is -0.377 e. The third-order valence-electron chi connectivity index (χ3n) is 5.88. The van der Waals surface area contributed by atoms with Crippen LogP contribution in [0, 0.1) is 17.2 Å². The molecule has 0 aromatic heterocycles. The molecule has 0 bridgehead atoms. The summed E-state index contributed by atoms with van der Waals surface area (Å²) in [7, 11) is 0. The summed E-state index contributed by atoms with van der Waals surface area (Å²) in [5, 5.41) is 6.20. The Labute approximate surface area is 135 Å². The fourth-order valence-electron chi connectivity index (χ4n) is 4.69. The maximum atomic E-state index is 13.3. The lowest BCUT2D eigenvalue weighted by Gasteiger charge is -2.54. The molecule has 23 heavy (non-hydrogen) atoms. The molecule has 2 amide bonds. The molecule has 5 heteroatoms. The smallest absolute Gasteiger partial charge is 0.315 e. The summed E-state index contributed by atoms with van der Waals surface area (Å²) in [6.07, 6.45) is 2.92. The number of carbonyl (C=O) groups is 1. The van der Waals surface area contributed by atoms with Crippen molar-refractivity contribution in [1.29, 1.82) is 0 Å². The van der Waals surface area contributed by atoms with E-state index in [2.05, 4.69) is 24.5 Å². The summed E-state index contributed by atoms with van der Waals surface area (Å²) in [5.74, 6) is 0.220. The Morgan fingerprint density at radius 3 is 2.96 bits per heavy atom. The molecule has 1 heterocycles. The van der Waals surface area contributed by atoms with E-state index in [1.165, 1.54) is 6.07 Å². The molecule has 4 unspecified atom stereocenters. The molecule has 1 aliphatic heterocycles. The van der Waals surface area contributed by atoms with Crippen LogP contribution in [0.5, 0.6) is 0 Å². The van der Waals surface area contributed by atoms with Crippen molar-refractivity contribution in [1.82, 2.24) is 10.6 Å². The van der Waals surface area contributed by atoms with Crippen LogP contribution in [0.2, 0.25) is 0 Å². The van der Waals surface area contributed by atoms with Crippen molar-refractivity contribution >= 4 is 6.03 Å². The first-order valence-electron chi connectivity index (χ1n) is 8.44. The number of hydrogen-bond acceptors (Lipinski definition) is 2. The summed E-state index contributed by atoms with van der Waals surface area (Å²) >= 11 is 0. The summed E-state index contributed by atoms with van der Waals surface area (Å²) in [6, 6.07) is 4.83. The van der Waals surface area contributed by atoms with Crippen LogP contribution in [-0.4, -0.2) is 24.8 Å². The second-order valence-electron chi connectivity index (χ2n) is 7.60. The molecule has 4 nitrogen and oxygen atoms in total. The van der Waals surface area contributed by atoms with E-state index >= 15 is 0 Å². The van der Waals surface area contributed by atoms with Gasteiger partial charge in [-0.25, -0.2) is 9.18 Å². The van der Waals surface area contributed by atoms with Crippen LogP contribution in [0.1, 0.15) is 43.9 Å². The van der Waals surface area contributed by atoms with Crippen LogP contribution in [0.15, 0.2) is 18.2 Å². The van der Waals surface area contributed by atoms with Gasteiger partial charge in [-0.1, -0.05) is 19.9 Å². The number of hydrogen-bond donors (Lipinski definition) is 2. The number of amides is 2. The lowest BCUT2D eigenvalue weighted by Crippen LogP contribution is -2.67. The summed E-state index contributed by atoms with van der Waals surface area (Å²) in [5.41, 5.74) is 2.02. The summed E-state index contributed by atoms with van der Waals surface area (Å²) in [4.78, 5) is 12.4. The fraction of sp³-hybridized carbons (Fsp3) is 0.611. The summed E-state index contributed by atoms with van der Waals surface area (Å²) < 4.78 is 19.0. The number of fused-ring (bicyclic) bond motifs is 2. The number of halogens is 1. The third-order valence-corrected chi connectivity index (χ3v) is 5.88. The van der Waals surface area contributed by atoms with Gasteiger partial charge in [0.15, 0.2) is 0 Å². The van der Waals surface area contributed by atoms with E-state index in [0.29, 0.717) is 5.92 Å². The van der Waals surface area contributed by atoms with Crippen LogP contribution in [0.25, 0.3) is 0 Å². The van der Waals surface area contributed by atoms with Gasteiger partial charge in [0, 0.05) is 24.0 Å². The molecule has 4 rings (SSSR count). The third kappa shape index (κ3) is 2.33. The van der Waals surface area contributed by atoms with Crippen LogP contribution in [-0.2, 0) is 11.2 Å². The topological polar surface area (TPSA) is 50.4 Å². The normalized spacial score (nSPS) is 33.5. The first-order valence-corrected chi connectivity index (χ1v) is 8.44. The van der Waals surface area contributed by atoms with Gasteiger partial charge in [-0.2, -0.15) is 0 Å². The van der Waals surface area contributed by atoms with Crippen molar-refractivity contribution in [2.75, 3.05) is 6.61 Å². The van der Waals surface area contributed by atoms with Crippen LogP contribution >= 0.6 is 0 Å². The molecule has 124 valence electrons. The quantitative estimate of drug-likeness (QED) is 0.881. The second-order valence-corrected chi connectivity index (χ2v) is 7.60. The minimum atomic E-state index is -0.211. The molecule has 0 spiro atoms. The van der Waals surface area contributed by atoms with Gasteiger partial charge in [-0.15, -0.1) is 0 Å². The first-order chi connectivity index (χ1) is 11.0. The monoisotopic (exact) mass is 318 g/mol. The number of urea groups is 1. The molecule has 1 saturated carbocycles. The zero-order valence-corrected chi connectivity index (χ0v) is 13.6. The standard InChI is InChI=1S/C18H23FN2O2/c1-18(2)15(13-7-8-23-16(13)18)21-17(22)20-14-6-3-10-9-11(19)4-5-12(10)14/h4-5,9,13-16H,3,6-8H2,1-2H3,(H2,20,21,22). The zero-order chi connectivity index (χ0) is 16.2. The molecular weight excluding hydrogens is 295 g/mol. The molecule has 1 aromatic rings. The zero-order valence-electron chi connectivity index (χ0n) is 13.6. The molecular formula is C18H23FN2O2. The predicted molar refractivity (Wildman–Crippen MR) is 84.5 cm³/mol. The molecule has 4 atom stereocenters. The van der Waals surface area contributed by atoms with Gasteiger partial charge < -0.3 is 15.4 Å². The van der Waals surface area contributed by atoms with Crippen LogP contribution in [0.3, 0.4) is 0 Å². The number of aryl methyl sites for hydroxylation is 1. The molecule has 2 fully saturated rings. The highest BCUT2D eigenvalue weighted by Gasteiger charge is 2.59. The molecule has 1 aromatic carbocycles. The van der Waals surface area contributed by atoms with Gasteiger partial charge in [0.2, 0.25) is 0 Å². The van der Waals surface area contributed by atoms with Gasteiger partial charge in [-0.05, 0) is 42.5 Å². The lowest BCUT2D eigenvalue weighted by molar-refractivity contribution is -0.108. The van der Waals surface area contributed by atoms with E-state index in [9.17, 15) is 9.18 Å². The van der Waals surface area contributed by atoms with E-state index in [4.69, 9.17) is 4.74 Å². The lowest BCUT2D eigenvalue weighted by atomic mass is 9.57. The number of ether oxygens (including phenoxy) is 1. The Kier molecular flexibility index (Phi) is 3.38. The van der Waals surface area contributed by atoms with E-state index < -0.39 is 0 Å². The Bertz CT molecular complexity index is 646. The van der Waals surface area contributed by atoms with E-state index in [0.717, 1.165) is 37.0 Å². The Morgan fingerprint density at radius 2 is 2.13 bits per heavy atom. The SMILES string of the molecule is CC1(C)C(NC(=O)NC2CCc3cc(F)ccc32)C2CCOC21. The average Bonchev–Trinajstić information content (AvgIpc) is 3.11.